The number of halogens is 1. The van der Waals surface area contributed by atoms with Crippen molar-refractivity contribution in [2.24, 2.45) is 0 Å². The van der Waals surface area contributed by atoms with Gasteiger partial charge in [-0.3, -0.25) is 9.59 Å². The molecule has 1 rings (SSSR count). The molecule has 5 heteroatoms. The van der Waals surface area contributed by atoms with Crippen LogP contribution in [0.4, 0.5) is 0 Å². The van der Waals surface area contributed by atoms with Crippen LogP contribution in [-0.2, 0) is 9.59 Å². The van der Waals surface area contributed by atoms with Crippen molar-refractivity contribution >= 4 is 27.7 Å². The first-order valence-corrected chi connectivity index (χ1v) is 5.92. The molecule has 0 heterocycles. The van der Waals surface area contributed by atoms with Crippen LogP contribution in [0.15, 0.2) is 0 Å². The lowest BCUT2D eigenvalue weighted by Crippen LogP contribution is -2.53. The maximum absolute atomic E-state index is 11.0. The Morgan fingerprint density at radius 3 is 2.14 bits per heavy atom. The summed E-state index contributed by atoms with van der Waals surface area (Å²) < 4.78 is 0. The molecule has 2 amide bonds. The van der Waals surface area contributed by atoms with Crippen molar-refractivity contribution in [3.8, 4) is 0 Å². The molecule has 80 valence electrons. The number of alkyl halides is 1. The van der Waals surface area contributed by atoms with Gasteiger partial charge in [-0.05, 0) is 12.8 Å². The van der Waals surface area contributed by atoms with E-state index in [1.807, 2.05) is 6.92 Å². The molecule has 0 aromatic carbocycles. The Morgan fingerprint density at radius 2 is 1.71 bits per heavy atom. The van der Waals surface area contributed by atoms with Crippen molar-refractivity contribution in [3.05, 3.63) is 0 Å². The average Bonchev–Trinajstić information content (AvgIpc) is 2.13. The largest absolute Gasteiger partial charge is 0.353 e. The summed E-state index contributed by atoms with van der Waals surface area (Å²) in [5, 5.41) is 6.08. The van der Waals surface area contributed by atoms with Crippen molar-refractivity contribution in [3.63, 3.8) is 0 Å². The number of amides is 2. The van der Waals surface area contributed by atoms with Crippen molar-refractivity contribution in [1.82, 2.24) is 10.6 Å². The van der Waals surface area contributed by atoms with Gasteiger partial charge in [-0.15, -0.1) is 0 Å². The first kappa shape index (κ1) is 11.5. The van der Waals surface area contributed by atoms with E-state index < -0.39 is 0 Å². The number of carbonyl (C=O) groups excluding carboxylic acids is 2. The van der Waals surface area contributed by atoms with Gasteiger partial charge in [0.25, 0.3) is 0 Å². The molecule has 2 N–H and O–H groups in total. The highest BCUT2D eigenvalue weighted by molar-refractivity contribution is 9.09. The van der Waals surface area contributed by atoms with Crippen LogP contribution in [-0.4, -0.2) is 29.2 Å². The van der Waals surface area contributed by atoms with Gasteiger partial charge in [-0.1, -0.05) is 22.9 Å². The zero-order chi connectivity index (χ0) is 10.6. The Bertz CT molecular complexity index is 205. The van der Waals surface area contributed by atoms with Gasteiger partial charge in [0.05, 0.1) is 5.33 Å². The average molecular weight is 263 g/mol. The Labute approximate surface area is 91.9 Å². The number of hydrogen-bond donors (Lipinski definition) is 2. The first-order valence-electron chi connectivity index (χ1n) is 4.80. The summed E-state index contributed by atoms with van der Waals surface area (Å²) in [5.41, 5.74) is 0. The van der Waals surface area contributed by atoms with Gasteiger partial charge in [0, 0.05) is 18.5 Å². The van der Waals surface area contributed by atoms with Gasteiger partial charge in [0.2, 0.25) is 11.8 Å². The molecule has 0 aromatic heterocycles. The van der Waals surface area contributed by atoms with Gasteiger partial charge in [0.15, 0.2) is 0 Å². The zero-order valence-electron chi connectivity index (χ0n) is 8.18. The third-order valence-electron chi connectivity index (χ3n) is 2.31. The normalized spacial score (nSPS) is 25.0. The van der Waals surface area contributed by atoms with E-state index in [2.05, 4.69) is 26.6 Å². The van der Waals surface area contributed by atoms with Crippen LogP contribution < -0.4 is 10.6 Å². The van der Waals surface area contributed by atoms with E-state index in [-0.39, 0.29) is 23.9 Å². The molecule has 0 saturated heterocycles. The topological polar surface area (TPSA) is 58.2 Å². The summed E-state index contributed by atoms with van der Waals surface area (Å²) in [6, 6.07) is 0.491. The highest BCUT2D eigenvalue weighted by atomic mass is 79.9. The molecule has 4 nitrogen and oxygen atoms in total. The summed E-state index contributed by atoms with van der Waals surface area (Å²) in [7, 11) is 0. The van der Waals surface area contributed by atoms with Crippen molar-refractivity contribution in [2.75, 3.05) is 5.33 Å². The Kier molecular flexibility index (Phi) is 4.38. The van der Waals surface area contributed by atoms with Crippen LogP contribution in [0.25, 0.3) is 0 Å². The van der Waals surface area contributed by atoms with E-state index in [1.54, 1.807) is 0 Å². The van der Waals surface area contributed by atoms with E-state index in [0.29, 0.717) is 11.8 Å². The monoisotopic (exact) mass is 262 g/mol. The van der Waals surface area contributed by atoms with Gasteiger partial charge >= 0.3 is 0 Å². The molecule has 1 fully saturated rings. The van der Waals surface area contributed by atoms with Crippen LogP contribution in [0, 0.1) is 0 Å². The molecule has 0 bridgehead atoms. The fourth-order valence-electron chi connectivity index (χ4n) is 1.45. The highest BCUT2D eigenvalue weighted by Crippen LogP contribution is 2.19. The fourth-order valence-corrected chi connectivity index (χ4v) is 1.61. The Balaban J connectivity index is 2.11. The highest BCUT2D eigenvalue weighted by Gasteiger charge is 2.30. The standard InChI is InChI=1S/C9H15BrN2O2/c1-2-8(13)11-6-3-7(4-6)12-9(14)5-10/h6-7H,2-5H2,1H3,(H,11,13)(H,12,14). The lowest BCUT2D eigenvalue weighted by Gasteiger charge is -2.36. The van der Waals surface area contributed by atoms with E-state index in [1.165, 1.54) is 0 Å². The van der Waals surface area contributed by atoms with Crippen molar-refractivity contribution < 1.29 is 9.59 Å². The van der Waals surface area contributed by atoms with E-state index in [9.17, 15) is 9.59 Å². The van der Waals surface area contributed by atoms with Crippen molar-refractivity contribution in [2.45, 2.75) is 38.3 Å². The van der Waals surface area contributed by atoms with Gasteiger partial charge in [-0.25, -0.2) is 0 Å². The second kappa shape index (κ2) is 5.34. The summed E-state index contributed by atoms with van der Waals surface area (Å²) in [6.45, 7) is 1.83. The van der Waals surface area contributed by atoms with Gasteiger partial charge in [0.1, 0.15) is 0 Å². The number of nitrogens with one attached hydrogen (secondary N) is 2. The molecule has 0 unspecified atom stereocenters. The summed E-state index contributed by atoms with van der Waals surface area (Å²) in [6.07, 6.45) is 2.23. The summed E-state index contributed by atoms with van der Waals surface area (Å²) >= 11 is 3.08. The molecule has 1 saturated carbocycles. The smallest absolute Gasteiger partial charge is 0.230 e. The number of hydrogen-bond acceptors (Lipinski definition) is 2. The van der Waals surface area contributed by atoms with E-state index in [0.717, 1.165) is 12.8 Å². The lowest BCUT2D eigenvalue weighted by molar-refractivity contribution is -0.122. The van der Waals surface area contributed by atoms with Crippen LogP contribution in [0.5, 0.6) is 0 Å². The first-order chi connectivity index (χ1) is 6.65. The molecule has 14 heavy (non-hydrogen) atoms. The van der Waals surface area contributed by atoms with Crippen LogP contribution in [0.2, 0.25) is 0 Å². The molecule has 0 aromatic rings. The molecule has 0 spiro atoms. The number of carbonyl (C=O) groups is 2. The Morgan fingerprint density at radius 1 is 1.21 bits per heavy atom. The quantitative estimate of drug-likeness (QED) is 0.728. The molecule has 0 atom stereocenters. The number of rotatable bonds is 4. The maximum atomic E-state index is 11.0. The summed E-state index contributed by atoms with van der Waals surface area (Å²) in [4.78, 5) is 21.9. The predicted octanol–water partition coefficient (Wildman–Crippen LogP) is 0.555. The van der Waals surface area contributed by atoms with Crippen LogP contribution in [0.3, 0.4) is 0 Å². The van der Waals surface area contributed by atoms with Crippen LogP contribution in [0.1, 0.15) is 26.2 Å². The molecule has 1 aliphatic carbocycles. The van der Waals surface area contributed by atoms with E-state index >= 15 is 0 Å². The van der Waals surface area contributed by atoms with Crippen molar-refractivity contribution in [1.29, 1.82) is 0 Å². The lowest BCUT2D eigenvalue weighted by atomic mass is 9.86. The second-order valence-electron chi connectivity index (χ2n) is 3.49. The Hall–Kier alpha value is -0.580. The minimum absolute atomic E-state index is 0.00951. The summed E-state index contributed by atoms with van der Waals surface area (Å²) in [5.74, 6) is 0.0931. The zero-order valence-corrected chi connectivity index (χ0v) is 9.76. The molecule has 1 aliphatic rings. The van der Waals surface area contributed by atoms with Gasteiger partial charge < -0.3 is 10.6 Å². The molecular formula is C9H15BrN2O2. The third kappa shape index (κ3) is 3.29. The third-order valence-corrected chi connectivity index (χ3v) is 2.82. The molecule has 0 aliphatic heterocycles. The fraction of sp³-hybridized carbons (Fsp3) is 0.778. The molecular weight excluding hydrogens is 248 g/mol. The minimum Gasteiger partial charge on any atom is -0.353 e. The predicted molar refractivity (Wildman–Crippen MR) is 57.2 cm³/mol. The van der Waals surface area contributed by atoms with Gasteiger partial charge in [-0.2, -0.15) is 0 Å². The maximum Gasteiger partial charge on any atom is 0.230 e. The second-order valence-corrected chi connectivity index (χ2v) is 4.05. The molecule has 0 radical (unpaired) electrons. The van der Waals surface area contributed by atoms with Crippen LogP contribution >= 0.6 is 15.9 Å². The van der Waals surface area contributed by atoms with E-state index in [4.69, 9.17) is 0 Å². The SMILES string of the molecule is CCC(=O)NC1CC(NC(=O)CBr)C1. The minimum atomic E-state index is 0.00951.